The van der Waals surface area contributed by atoms with Crippen molar-refractivity contribution < 1.29 is 27.6 Å². The van der Waals surface area contributed by atoms with Crippen LogP contribution in [0.3, 0.4) is 0 Å². The lowest BCUT2D eigenvalue weighted by atomic mass is 9.79. The molecule has 3 aromatic rings. The van der Waals surface area contributed by atoms with Crippen LogP contribution in [0.15, 0.2) is 77.5 Å². The molecule has 0 radical (unpaired) electrons. The topological polar surface area (TPSA) is 98.4 Å². The number of carbonyl (C=O) groups excluding carboxylic acids is 2. The van der Waals surface area contributed by atoms with Crippen molar-refractivity contribution in [2.75, 3.05) is 6.61 Å². The smallest absolute Gasteiger partial charge is 0.374 e. The number of hydrazone groups is 1. The number of rotatable bonds is 5. The second-order valence-corrected chi connectivity index (χ2v) is 8.33. The summed E-state index contributed by atoms with van der Waals surface area (Å²) in [6, 6.07) is 9.98. The molecule has 2 atom stereocenters. The van der Waals surface area contributed by atoms with Crippen molar-refractivity contribution >= 4 is 39.6 Å². The van der Waals surface area contributed by atoms with E-state index in [1.165, 1.54) is 11.1 Å². The molecule has 164 valence electrons. The summed E-state index contributed by atoms with van der Waals surface area (Å²) in [7, 11) is 0. The number of esters is 1. The summed E-state index contributed by atoms with van der Waals surface area (Å²) in [5, 5.41) is 6.05. The van der Waals surface area contributed by atoms with E-state index in [0.717, 1.165) is 36.3 Å². The molecule has 1 amide bonds. The largest absolute Gasteiger partial charge is 0.467 e. The maximum Gasteiger partial charge on any atom is 0.374 e. The number of nitrogens with zero attached hydrogens (tertiary/aromatic N) is 2. The van der Waals surface area contributed by atoms with Gasteiger partial charge in [0.05, 0.1) is 18.2 Å². The Morgan fingerprint density at radius 2 is 2.03 bits per heavy atom. The Hall–Kier alpha value is -3.33. The van der Waals surface area contributed by atoms with Crippen LogP contribution in [0.1, 0.15) is 47.4 Å². The third kappa shape index (κ3) is 3.95. The monoisotopic (exact) mass is 498 g/mol. The fraction of sp³-hybridized carbons (Fsp3) is 0.261. The minimum Gasteiger partial charge on any atom is -0.467 e. The van der Waals surface area contributed by atoms with Crippen LogP contribution in [-0.4, -0.2) is 29.2 Å². The van der Waals surface area contributed by atoms with Gasteiger partial charge in [0.15, 0.2) is 11.3 Å². The Labute approximate surface area is 191 Å². The van der Waals surface area contributed by atoms with Gasteiger partial charge in [-0.15, -0.1) is 0 Å². The SMILES string of the molecule is O=C(OCC(=O)N1N=C2C(=Cc3ccco3)CCCC2C1c1ccco1)c1ccc(Br)o1. The van der Waals surface area contributed by atoms with Crippen LogP contribution in [0.5, 0.6) is 0 Å². The van der Waals surface area contributed by atoms with Crippen LogP contribution >= 0.6 is 15.9 Å². The Morgan fingerprint density at radius 3 is 2.75 bits per heavy atom. The molecule has 2 aliphatic rings. The number of hydrogen-bond acceptors (Lipinski definition) is 7. The molecule has 9 heteroatoms. The fourth-order valence-electron chi connectivity index (χ4n) is 4.18. The first-order valence-electron chi connectivity index (χ1n) is 10.2. The van der Waals surface area contributed by atoms with Crippen LogP contribution < -0.4 is 0 Å². The summed E-state index contributed by atoms with van der Waals surface area (Å²) in [6.45, 7) is -0.463. The summed E-state index contributed by atoms with van der Waals surface area (Å²) in [5.74, 6) is 0.212. The predicted molar refractivity (Wildman–Crippen MR) is 116 cm³/mol. The zero-order valence-corrected chi connectivity index (χ0v) is 18.5. The summed E-state index contributed by atoms with van der Waals surface area (Å²) < 4.78 is 21.9. The van der Waals surface area contributed by atoms with Crippen molar-refractivity contribution in [3.8, 4) is 0 Å². The van der Waals surface area contributed by atoms with Crippen LogP contribution in [-0.2, 0) is 9.53 Å². The first kappa shape index (κ1) is 20.6. The molecule has 4 heterocycles. The number of allylic oxidation sites excluding steroid dienone is 1. The van der Waals surface area contributed by atoms with E-state index in [1.807, 2.05) is 24.3 Å². The number of fused-ring (bicyclic) bond motifs is 1. The number of ether oxygens (including phenoxy) is 1. The zero-order chi connectivity index (χ0) is 22.1. The van der Waals surface area contributed by atoms with Gasteiger partial charge in [-0.25, -0.2) is 9.80 Å². The van der Waals surface area contributed by atoms with Crippen molar-refractivity contribution in [2.24, 2.45) is 11.0 Å². The molecule has 0 bridgehead atoms. The third-order valence-corrected chi connectivity index (χ3v) is 5.98. The van der Waals surface area contributed by atoms with Crippen LogP contribution in [0.4, 0.5) is 0 Å². The molecule has 0 saturated heterocycles. The van der Waals surface area contributed by atoms with Crippen molar-refractivity contribution in [2.45, 2.75) is 25.3 Å². The highest BCUT2D eigenvalue weighted by molar-refractivity contribution is 9.10. The van der Waals surface area contributed by atoms with Crippen molar-refractivity contribution in [1.29, 1.82) is 0 Å². The number of halogens is 1. The number of hydrogen-bond donors (Lipinski definition) is 0. The van der Waals surface area contributed by atoms with E-state index >= 15 is 0 Å². The van der Waals surface area contributed by atoms with Gasteiger partial charge < -0.3 is 18.0 Å². The van der Waals surface area contributed by atoms with E-state index in [1.54, 1.807) is 24.7 Å². The number of carbonyl (C=O) groups is 2. The van der Waals surface area contributed by atoms with E-state index in [2.05, 4.69) is 21.0 Å². The normalized spacial score (nSPS) is 21.5. The maximum atomic E-state index is 13.1. The lowest BCUT2D eigenvalue weighted by molar-refractivity contribution is -0.137. The van der Waals surface area contributed by atoms with Crippen LogP contribution in [0.25, 0.3) is 6.08 Å². The zero-order valence-electron chi connectivity index (χ0n) is 16.9. The molecular formula is C23H19BrN2O6. The highest BCUT2D eigenvalue weighted by Crippen LogP contribution is 2.44. The van der Waals surface area contributed by atoms with E-state index in [0.29, 0.717) is 10.4 Å². The minimum absolute atomic E-state index is 0.0114. The Balaban J connectivity index is 1.40. The van der Waals surface area contributed by atoms with Gasteiger partial charge in [-0.1, -0.05) is 0 Å². The molecule has 1 aliphatic heterocycles. The average Bonchev–Trinajstić information content (AvgIpc) is 3.58. The molecule has 1 saturated carbocycles. The highest BCUT2D eigenvalue weighted by Gasteiger charge is 2.45. The summed E-state index contributed by atoms with van der Waals surface area (Å²) in [6.07, 6.45) is 7.82. The minimum atomic E-state index is -0.721. The molecule has 1 aliphatic carbocycles. The fourth-order valence-corrected chi connectivity index (χ4v) is 4.49. The standard InChI is InChI=1S/C23H19BrN2O6/c24-19-9-8-18(32-19)23(28)31-13-20(27)26-22(17-7-3-11-30-17)16-6-1-4-14(21(16)25-26)12-15-5-2-10-29-15/h2-3,5,7-12,16,22H,1,4,6,13H2. The average molecular weight is 499 g/mol. The van der Waals surface area contributed by atoms with E-state index in [4.69, 9.17) is 18.0 Å². The molecule has 3 aromatic heterocycles. The molecule has 32 heavy (non-hydrogen) atoms. The molecule has 0 N–H and O–H groups in total. The van der Waals surface area contributed by atoms with Crippen LogP contribution in [0, 0.1) is 5.92 Å². The van der Waals surface area contributed by atoms with Crippen molar-refractivity contribution in [3.05, 3.63) is 76.4 Å². The molecule has 0 spiro atoms. The van der Waals surface area contributed by atoms with E-state index < -0.39 is 24.5 Å². The summed E-state index contributed by atoms with van der Waals surface area (Å²) in [4.78, 5) is 25.3. The Morgan fingerprint density at radius 1 is 1.19 bits per heavy atom. The number of amides is 1. The third-order valence-electron chi connectivity index (χ3n) is 5.55. The molecular weight excluding hydrogens is 480 g/mol. The predicted octanol–water partition coefficient (Wildman–Crippen LogP) is 5.21. The molecule has 8 nitrogen and oxygen atoms in total. The lowest BCUT2D eigenvalue weighted by Crippen LogP contribution is -2.34. The lowest BCUT2D eigenvalue weighted by Gasteiger charge is -2.27. The van der Waals surface area contributed by atoms with Crippen LogP contribution in [0.2, 0.25) is 0 Å². The van der Waals surface area contributed by atoms with Gasteiger partial charge in [0.2, 0.25) is 5.76 Å². The van der Waals surface area contributed by atoms with Gasteiger partial charge >= 0.3 is 5.97 Å². The van der Waals surface area contributed by atoms with Gasteiger partial charge in [-0.3, -0.25) is 4.79 Å². The van der Waals surface area contributed by atoms with Crippen molar-refractivity contribution in [1.82, 2.24) is 5.01 Å². The maximum absolute atomic E-state index is 13.1. The first-order valence-corrected chi connectivity index (χ1v) is 11.0. The van der Waals surface area contributed by atoms with E-state index in [-0.39, 0.29) is 11.7 Å². The summed E-state index contributed by atoms with van der Waals surface area (Å²) >= 11 is 3.14. The first-order chi connectivity index (χ1) is 15.6. The van der Waals surface area contributed by atoms with Gasteiger partial charge in [0.1, 0.15) is 17.6 Å². The molecule has 0 aromatic carbocycles. The van der Waals surface area contributed by atoms with Gasteiger partial charge in [-0.2, -0.15) is 5.10 Å². The second-order valence-electron chi connectivity index (χ2n) is 7.55. The van der Waals surface area contributed by atoms with Gasteiger partial charge in [0, 0.05) is 5.92 Å². The second kappa shape index (κ2) is 8.66. The summed E-state index contributed by atoms with van der Waals surface area (Å²) in [5.41, 5.74) is 1.86. The molecule has 5 rings (SSSR count). The quantitative estimate of drug-likeness (QED) is 0.447. The van der Waals surface area contributed by atoms with E-state index in [9.17, 15) is 9.59 Å². The molecule has 2 unspecified atom stereocenters. The van der Waals surface area contributed by atoms with Gasteiger partial charge in [0.25, 0.3) is 5.91 Å². The van der Waals surface area contributed by atoms with Gasteiger partial charge in [-0.05, 0) is 83.2 Å². The molecule has 1 fully saturated rings. The Kier molecular flexibility index (Phi) is 5.57. The Bertz CT molecular complexity index is 1180. The highest BCUT2D eigenvalue weighted by atomic mass is 79.9. The van der Waals surface area contributed by atoms with Crippen molar-refractivity contribution in [3.63, 3.8) is 0 Å². The number of furan rings is 3.